The third-order valence-corrected chi connectivity index (χ3v) is 5.30. The molecule has 1 saturated heterocycles. The van der Waals surface area contributed by atoms with E-state index < -0.39 is 0 Å². The Kier molecular flexibility index (Phi) is 4.13. The summed E-state index contributed by atoms with van der Waals surface area (Å²) in [7, 11) is 0. The molecule has 0 bridgehead atoms. The quantitative estimate of drug-likeness (QED) is 0.868. The van der Waals surface area contributed by atoms with Crippen molar-refractivity contribution in [3.8, 4) is 0 Å². The molecule has 5 heteroatoms. The first-order valence-electron chi connectivity index (χ1n) is 7.82. The maximum Gasteiger partial charge on any atom is 0.234 e. The SMILES string of the molecule is Cc1ccc(NCN2C(=O)[C@H]3CC[C@H](C)C[C@@H]3C2=O)cc1Cl. The highest BCUT2D eigenvalue weighted by atomic mass is 35.5. The fraction of sp³-hybridized carbons (Fsp3) is 0.529. The zero-order valence-corrected chi connectivity index (χ0v) is 13.7. The molecule has 118 valence electrons. The second-order valence-corrected chi connectivity index (χ2v) is 6.94. The van der Waals surface area contributed by atoms with Crippen LogP contribution in [0.3, 0.4) is 0 Å². The molecule has 3 rings (SSSR count). The maximum absolute atomic E-state index is 12.5. The van der Waals surface area contributed by atoms with E-state index in [1.807, 2.05) is 25.1 Å². The number of hydrogen-bond donors (Lipinski definition) is 1. The number of fused-ring (bicyclic) bond motifs is 1. The van der Waals surface area contributed by atoms with E-state index in [-0.39, 0.29) is 30.3 Å². The summed E-state index contributed by atoms with van der Waals surface area (Å²) in [6.45, 7) is 4.31. The predicted molar refractivity (Wildman–Crippen MR) is 86.5 cm³/mol. The summed E-state index contributed by atoms with van der Waals surface area (Å²) in [4.78, 5) is 26.3. The minimum Gasteiger partial charge on any atom is -0.367 e. The molecule has 0 unspecified atom stereocenters. The van der Waals surface area contributed by atoms with Crippen LogP contribution in [-0.4, -0.2) is 23.4 Å². The first-order valence-corrected chi connectivity index (χ1v) is 8.20. The summed E-state index contributed by atoms with van der Waals surface area (Å²) < 4.78 is 0. The van der Waals surface area contributed by atoms with Gasteiger partial charge >= 0.3 is 0 Å². The summed E-state index contributed by atoms with van der Waals surface area (Å²) in [6.07, 6.45) is 2.71. The molecular formula is C17H21ClN2O2. The Labute approximate surface area is 135 Å². The summed E-state index contributed by atoms with van der Waals surface area (Å²) in [5.41, 5.74) is 1.82. The van der Waals surface area contributed by atoms with Crippen LogP contribution in [0.2, 0.25) is 5.02 Å². The zero-order chi connectivity index (χ0) is 15.9. The lowest BCUT2D eigenvalue weighted by Gasteiger charge is -2.25. The number of hydrogen-bond acceptors (Lipinski definition) is 3. The lowest BCUT2D eigenvalue weighted by molar-refractivity contribution is -0.139. The second kappa shape index (κ2) is 5.92. The predicted octanol–water partition coefficient (Wildman–Crippen LogP) is 3.44. The Hall–Kier alpha value is -1.55. The smallest absolute Gasteiger partial charge is 0.234 e. The van der Waals surface area contributed by atoms with Crippen molar-refractivity contribution in [1.29, 1.82) is 0 Å². The van der Waals surface area contributed by atoms with Gasteiger partial charge in [-0.3, -0.25) is 14.5 Å². The number of rotatable bonds is 3. The first kappa shape index (κ1) is 15.3. The van der Waals surface area contributed by atoms with Gasteiger partial charge in [0.25, 0.3) is 0 Å². The monoisotopic (exact) mass is 320 g/mol. The van der Waals surface area contributed by atoms with Gasteiger partial charge in [0.15, 0.2) is 0 Å². The van der Waals surface area contributed by atoms with Crippen molar-refractivity contribution in [3.05, 3.63) is 28.8 Å². The van der Waals surface area contributed by atoms with Crippen molar-refractivity contribution >= 4 is 29.1 Å². The van der Waals surface area contributed by atoms with Gasteiger partial charge in [-0.25, -0.2) is 0 Å². The van der Waals surface area contributed by atoms with Crippen molar-refractivity contribution in [1.82, 2.24) is 4.90 Å². The van der Waals surface area contributed by atoms with Gasteiger partial charge in [0.2, 0.25) is 11.8 Å². The van der Waals surface area contributed by atoms with E-state index >= 15 is 0 Å². The number of nitrogens with zero attached hydrogens (tertiary/aromatic N) is 1. The van der Waals surface area contributed by atoms with E-state index in [0.29, 0.717) is 10.9 Å². The van der Waals surface area contributed by atoms with Crippen LogP contribution < -0.4 is 5.32 Å². The average Bonchev–Trinajstić information content (AvgIpc) is 2.72. The molecule has 2 amide bonds. The summed E-state index contributed by atoms with van der Waals surface area (Å²) >= 11 is 6.09. The normalized spacial score (nSPS) is 28.0. The highest BCUT2D eigenvalue weighted by Crippen LogP contribution is 2.40. The van der Waals surface area contributed by atoms with Gasteiger partial charge in [-0.15, -0.1) is 0 Å². The van der Waals surface area contributed by atoms with Crippen LogP contribution in [0.25, 0.3) is 0 Å². The van der Waals surface area contributed by atoms with E-state index in [1.54, 1.807) is 0 Å². The number of aryl methyl sites for hydroxylation is 1. The van der Waals surface area contributed by atoms with Gasteiger partial charge in [-0.1, -0.05) is 24.6 Å². The molecule has 0 radical (unpaired) electrons. The Morgan fingerprint density at radius 2 is 1.95 bits per heavy atom. The lowest BCUT2D eigenvalue weighted by Crippen LogP contribution is -2.35. The van der Waals surface area contributed by atoms with Gasteiger partial charge in [0.1, 0.15) is 0 Å². The van der Waals surface area contributed by atoms with Crippen LogP contribution in [0.5, 0.6) is 0 Å². The van der Waals surface area contributed by atoms with Crippen molar-refractivity contribution in [2.75, 3.05) is 12.0 Å². The zero-order valence-electron chi connectivity index (χ0n) is 12.9. The van der Waals surface area contributed by atoms with Gasteiger partial charge in [-0.05, 0) is 49.8 Å². The van der Waals surface area contributed by atoms with Crippen LogP contribution >= 0.6 is 11.6 Å². The number of benzene rings is 1. The van der Waals surface area contributed by atoms with Crippen molar-refractivity contribution in [2.45, 2.75) is 33.1 Å². The highest BCUT2D eigenvalue weighted by molar-refractivity contribution is 6.31. The molecule has 0 aromatic heterocycles. The molecule has 1 aromatic carbocycles. The van der Waals surface area contributed by atoms with Crippen molar-refractivity contribution in [2.24, 2.45) is 17.8 Å². The molecule has 1 saturated carbocycles. The number of carbonyl (C=O) groups excluding carboxylic acids is 2. The lowest BCUT2D eigenvalue weighted by atomic mass is 9.76. The van der Waals surface area contributed by atoms with E-state index in [1.165, 1.54) is 4.90 Å². The topological polar surface area (TPSA) is 49.4 Å². The highest BCUT2D eigenvalue weighted by Gasteiger charge is 2.49. The maximum atomic E-state index is 12.5. The molecule has 22 heavy (non-hydrogen) atoms. The van der Waals surface area contributed by atoms with Crippen LogP contribution in [0, 0.1) is 24.7 Å². The first-order chi connectivity index (χ1) is 10.5. The second-order valence-electron chi connectivity index (χ2n) is 6.53. The van der Waals surface area contributed by atoms with Crippen LogP contribution in [0.4, 0.5) is 5.69 Å². The molecule has 2 fully saturated rings. The van der Waals surface area contributed by atoms with Crippen LogP contribution in [0.15, 0.2) is 18.2 Å². The van der Waals surface area contributed by atoms with E-state index in [9.17, 15) is 9.59 Å². The largest absolute Gasteiger partial charge is 0.367 e. The van der Waals surface area contributed by atoms with Crippen LogP contribution in [-0.2, 0) is 9.59 Å². The third-order valence-electron chi connectivity index (χ3n) is 4.89. The van der Waals surface area contributed by atoms with E-state index in [0.717, 1.165) is 30.5 Å². The van der Waals surface area contributed by atoms with Gasteiger partial charge < -0.3 is 5.32 Å². The molecule has 2 aliphatic rings. The number of likely N-dealkylation sites (tertiary alicyclic amines) is 1. The minimum absolute atomic E-state index is 0.0207. The van der Waals surface area contributed by atoms with Crippen molar-refractivity contribution in [3.63, 3.8) is 0 Å². The molecular weight excluding hydrogens is 300 g/mol. The summed E-state index contributed by atoms with van der Waals surface area (Å²) in [5, 5.41) is 3.81. The fourth-order valence-electron chi connectivity index (χ4n) is 3.49. The number of amides is 2. The Morgan fingerprint density at radius 3 is 2.68 bits per heavy atom. The van der Waals surface area contributed by atoms with E-state index in [4.69, 9.17) is 11.6 Å². The third kappa shape index (κ3) is 2.72. The number of imide groups is 1. The summed E-state index contributed by atoms with van der Waals surface area (Å²) in [6, 6.07) is 5.64. The van der Waals surface area contributed by atoms with E-state index in [2.05, 4.69) is 12.2 Å². The molecule has 1 heterocycles. The number of carbonyl (C=O) groups is 2. The molecule has 1 aliphatic carbocycles. The standard InChI is InChI=1S/C17H21ClN2O2/c1-10-3-6-13-14(7-10)17(22)20(16(13)21)9-19-12-5-4-11(2)15(18)8-12/h4-5,8,10,13-14,19H,3,6-7,9H2,1-2H3/t10-,13-,14-/m0/s1. The average molecular weight is 321 g/mol. The molecule has 0 spiro atoms. The molecule has 1 aromatic rings. The summed E-state index contributed by atoms with van der Waals surface area (Å²) in [5.74, 6) is 0.272. The Bertz CT molecular complexity index is 617. The fourth-order valence-corrected chi connectivity index (χ4v) is 3.67. The van der Waals surface area contributed by atoms with Gasteiger partial charge in [-0.2, -0.15) is 0 Å². The van der Waals surface area contributed by atoms with Gasteiger partial charge in [0, 0.05) is 10.7 Å². The number of nitrogens with one attached hydrogen (secondary N) is 1. The minimum atomic E-state index is -0.111. The molecule has 1 N–H and O–H groups in total. The molecule has 3 atom stereocenters. The van der Waals surface area contributed by atoms with Crippen molar-refractivity contribution < 1.29 is 9.59 Å². The number of anilines is 1. The van der Waals surface area contributed by atoms with Crippen LogP contribution in [0.1, 0.15) is 31.7 Å². The molecule has 4 nitrogen and oxygen atoms in total. The van der Waals surface area contributed by atoms with Gasteiger partial charge in [0.05, 0.1) is 18.5 Å². The Morgan fingerprint density at radius 1 is 1.23 bits per heavy atom. The Balaban J connectivity index is 1.68. The molecule has 1 aliphatic heterocycles. The number of halogens is 1.